The molecule has 0 spiro atoms. The molecule has 172 valence electrons. The Morgan fingerprint density at radius 1 is 0.879 bits per heavy atom. The molecule has 4 aromatic rings. The molecule has 0 fully saturated rings. The molecule has 0 saturated carbocycles. The minimum absolute atomic E-state index is 0.188. The highest BCUT2D eigenvalue weighted by Gasteiger charge is 2.22. The Bertz CT molecular complexity index is 1300. The topological polar surface area (TPSA) is 115 Å². The summed E-state index contributed by atoms with van der Waals surface area (Å²) >= 11 is 1.27. The van der Waals surface area contributed by atoms with E-state index in [9.17, 15) is 8.42 Å². The summed E-state index contributed by atoms with van der Waals surface area (Å²) in [5, 5.41) is 16.6. The molecule has 0 unspecified atom stereocenters. The maximum atomic E-state index is 12.8. The van der Waals surface area contributed by atoms with Crippen LogP contribution in [0.1, 0.15) is 31.2 Å². The highest BCUT2D eigenvalue weighted by atomic mass is 32.2. The predicted molar refractivity (Wildman–Crippen MR) is 123 cm³/mol. The molecule has 0 amide bonds. The third kappa shape index (κ3) is 5.49. The van der Waals surface area contributed by atoms with Crippen molar-refractivity contribution in [1.29, 1.82) is 0 Å². The predicted octanol–water partition coefficient (Wildman–Crippen LogP) is 4.03. The summed E-state index contributed by atoms with van der Waals surface area (Å²) in [6.45, 7) is 4.40. The molecule has 2 aromatic carbocycles. The Morgan fingerprint density at radius 2 is 1.64 bits per heavy atom. The van der Waals surface area contributed by atoms with Crippen LogP contribution in [0.2, 0.25) is 0 Å². The van der Waals surface area contributed by atoms with Crippen molar-refractivity contribution in [3.8, 4) is 11.5 Å². The van der Waals surface area contributed by atoms with Crippen molar-refractivity contribution >= 4 is 21.8 Å². The zero-order valence-corrected chi connectivity index (χ0v) is 19.8. The summed E-state index contributed by atoms with van der Waals surface area (Å²) in [5.41, 5.74) is 1.62. The van der Waals surface area contributed by atoms with Gasteiger partial charge in [-0.3, -0.25) is 0 Å². The van der Waals surface area contributed by atoms with Crippen molar-refractivity contribution in [2.45, 2.75) is 36.1 Å². The standard InChI is InChI=1S/C22H23N5O4S2/c1-3-27(4-2)33(28,29)18-12-8-11-17(14-18)21-25-26-22(31-21)32-15-20-24-23-19(30-20)13-16-9-6-5-7-10-16/h5-12,14H,3-4,13,15H2,1-2H3. The highest BCUT2D eigenvalue weighted by molar-refractivity contribution is 7.98. The van der Waals surface area contributed by atoms with E-state index in [4.69, 9.17) is 8.83 Å². The van der Waals surface area contributed by atoms with Crippen LogP contribution in [0.4, 0.5) is 0 Å². The van der Waals surface area contributed by atoms with E-state index in [1.165, 1.54) is 16.1 Å². The molecule has 0 radical (unpaired) electrons. The van der Waals surface area contributed by atoms with Gasteiger partial charge >= 0.3 is 0 Å². The van der Waals surface area contributed by atoms with Gasteiger partial charge in [-0.25, -0.2) is 8.42 Å². The van der Waals surface area contributed by atoms with Gasteiger partial charge in [0.2, 0.25) is 27.7 Å². The monoisotopic (exact) mass is 485 g/mol. The summed E-state index contributed by atoms with van der Waals surface area (Å²) in [6, 6.07) is 16.4. The van der Waals surface area contributed by atoms with E-state index in [1.807, 2.05) is 30.3 Å². The van der Waals surface area contributed by atoms with Crippen molar-refractivity contribution < 1.29 is 17.3 Å². The molecule has 11 heteroatoms. The second kappa shape index (κ2) is 10.3. The first kappa shape index (κ1) is 23.1. The van der Waals surface area contributed by atoms with Gasteiger partial charge in [-0.2, -0.15) is 4.31 Å². The summed E-state index contributed by atoms with van der Waals surface area (Å²) in [4.78, 5) is 0.188. The molecule has 0 atom stereocenters. The number of hydrogen-bond acceptors (Lipinski definition) is 9. The number of benzene rings is 2. The van der Waals surface area contributed by atoms with Crippen LogP contribution in [0.25, 0.3) is 11.5 Å². The lowest BCUT2D eigenvalue weighted by Crippen LogP contribution is -2.30. The van der Waals surface area contributed by atoms with Crippen LogP contribution in [0.5, 0.6) is 0 Å². The van der Waals surface area contributed by atoms with Crippen molar-refractivity contribution in [3.63, 3.8) is 0 Å². The number of hydrogen-bond donors (Lipinski definition) is 0. The molecular weight excluding hydrogens is 462 g/mol. The zero-order valence-electron chi connectivity index (χ0n) is 18.2. The van der Waals surface area contributed by atoms with Gasteiger partial charge in [0.15, 0.2) is 0 Å². The van der Waals surface area contributed by atoms with E-state index >= 15 is 0 Å². The SMILES string of the molecule is CCN(CC)S(=O)(=O)c1cccc(-c2nnc(SCc3nnc(Cc4ccccc4)o3)o2)c1. The van der Waals surface area contributed by atoms with Gasteiger partial charge in [0.1, 0.15) is 0 Å². The summed E-state index contributed by atoms with van der Waals surface area (Å²) in [7, 11) is -3.58. The highest BCUT2D eigenvalue weighted by Crippen LogP contribution is 2.27. The van der Waals surface area contributed by atoms with Gasteiger partial charge in [-0.15, -0.1) is 20.4 Å². The Morgan fingerprint density at radius 3 is 2.39 bits per heavy atom. The lowest BCUT2D eigenvalue weighted by molar-refractivity contribution is 0.445. The molecule has 0 N–H and O–H groups in total. The number of thioether (sulfide) groups is 1. The van der Waals surface area contributed by atoms with Crippen molar-refractivity contribution in [3.05, 3.63) is 71.9 Å². The molecule has 0 aliphatic rings. The summed E-state index contributed by atoms with van der Waals surface area (Å²) in [6.07, 6.45) is 0.565. The molecule has 0 aliphatic heterocycles. The zero-order chi connectivity index (χ0) is 23.3. The first-order valence-corrected chi connectivity index (χ1v) is 12.8. The Balaban J connectivity index is 1.42. The van der Waals surface area contributed by atoms with Crippen LogP contribution >= 0.6 is 11.8 Å². The smallest absolute Gasteiger partial charge is 0.277 e. The minimum atomic E-state index is -3.58. The van der Waals surface area contributed by atoms with Crippen LogP contribution in [0.15, 0.2) is 73.5 Å². The Kier molecular flexibility index (Phi) is 7.21. The first-order chi connectivity index (χ1) is 16.0. The van der Waals surface area contributed by atoms with Gasteiger partial charge in [-0.05, 0) is 23.8 Å². The maximum Gasteiger partial charge on any atom is 0.277 e. The summed E-state index contributed by atoms with van der Waals surface area (Å²) < 4.78 is 38.4. The quantitative estimate of drug-likeness (QED) is 0.307. The van der Waals surface area contributed by atoms with Gasteiger partial charge in [-0.1, -0.05) is 62.0 Å². The van der Waals surface area contributed by atoms with Crippen LogP contribution in [-0.2, 0) is 22.2 Å². The molecule has 2 heterocycles. The number of aromatic nitrogens is 4. The fourth-order valence-electron chi connectivity index (χ4n) is 3.20. The lowest BCUT2D eigenvalue weighted by Gasteiger charge is -2.18. The number of nitrogens with zero attached hydrogens (tertiary/aromatic N) is 5. The van der Waals surface area contributed by atoms with Crippen LogP contribution in [-0.4, -0.2) is 46.2 Å². The normalized spacial score (nSPS) is 11.8. The van der Waals surface area contributed by atoms with E-state index in [1.54, 1.807) is 38.1 Å². The van der Waals surface area contributed by atoms with Gasteiger partial charge in [0.25, 0.3) is 5.22 Å². The van der Waals surface area contributed by atoms with Gasteiger partial charge in [0.05, 0.1) is 17.1 Å². The Labute approximate surface area is 196 Å². The molecular formula is C22H23N5O4S2. The van der Waals surface area contributed by atoms with Crippen LogP contribution < -0.4 is 0 Å². The average molecular weight is 486 g/mol. The molecule has 0 saturated heterocycles. The second-order valence-electron chi connectivity index (χ2n) is 7.03. The van der Waals surface area contributed by atoms with E-state index in [0.717, 1.165) is 5.56 Å². The lowest BCUT2D eigenvalue weighted by atomic mass is 10.2. The van der Waals surface area contributed by atoms with Crippen molar-refractivity contribution in [1.82, 2.24) is 24.7 Å². The van der Waals surface area contributed by atoms with E-state index in [2.05, 4.69) is 20.4 Å². The fourth-order valence-corrected chi connectivity index (χ4v) is 5.30. The minimum Gasteiger partial charge on any atom is -0.424 e. The molecule has 0 aliphatic carbocycles. The largest absolute Gasteiger partial charge is 0.424 e. The van der Waals surface area contributed by atoms with E-state index < -0.39 is 10.0 Å². The van der Waals surface area contributed by atoms with Crippen LogP contribution in [0, 0.1) is 0 Å². The number of rotatable bonds is 10. The molecule has 33 heavy (non-hydrogen) atoms. The van der Waals surface area contributed by atoms with E-state index in [-0.39, 0.29) is 10.8 Å². The van der Waals surface area contributed by atoms with Gasteiger partial charge < -0.3 is 8.83 Å². The average Bonchev–Trinajstić information content (AvgIpc) is 3.49. The third-order valence-electron chi connectivity index (χ3n) is 4.86. The van der Waals surface area contributed by atoms with Crippen LogP contribution in [0.3, 0.4) is 0 Å². The number of sulfonamides is 1. The van der Waals surface area contributed by atoms with Crippen molar-refractivity contribution in [2.75, 3.05) is 13.1 Å². The third-order valence-corrected chi connectivity index (χ3v) is 7.71. The molecule has 4 rings (SSSR count). The van der Waals surface area contributed by atoms with Crippen molar-refractivity contribution in [2.24, 2.45) is 0 Å². The fraction of sp³-hybridized carbons (Fsp3) is 0.273. The Hall–Kier alpha value is -3.02. The second-order valence-corrected chi connectivity index (χ2v) is 9.90. The summed E-state index contributed by atoms with van der Waals surface area (Å²) in [5.74, 6) is 1.61. The molecule has 0 bridgehead atoms. The first-order valence-electron chi connectivity index (χ1n) is 10.4. The maximum absolute atomic E-state index is 12.8. The van der Waals surface area contributed by atoms with Gasteiger partial charge in [0, 0.05) is 18.7 Å². The van der Waals surface area contributed by atoms with E-state index in [0.29, 0.717) is 47.8 Å². The molecule has 9 nitrogen and oxygen atoms in total. The molecule has 2 aromatic heterocycles.